The third-order valence-electron chi connectivity index (χ3n) is 3.94. The van der Waals surface area contributed by atoms with E-state index in [-0.39, 0.29) is 0 Å². The van der Waals surface area contributed by atoms with E-state index in [2.05, 4.69) is 20.4 Å². The second kappa shape index (κ2) is 4.16. The summed E-state index contributed by atoms with van der Waals surface area (Å²) in [7, 11) is 0. The van der Waals surface area contributed by atoms with Crippen molar-refractivity contribution in [2.45, 2.75) is 38.3 Å². The largest absolute Gasteiger partial charge is 0.376 e. The molecule has 2 aromatic rings. The average molecular weight is 259 g/mol. The van der Waals surface area contributed by atoms with E-state index in [1.54, 1.807) is 4.52 Å². The summed E-state index contributed by atoms with van der Waals surface area (Å²) in [5.41, 5.74) is 0.949. The van der Waals surface area contributed by atoms with Gasteiger partial charge in [-0.25, -0.2) is 4.98 Å². The Bertz CT molecular complexity index is 606. The first-order valence-electron chi connectivity index (χ1n) is 6.87. The van der Waals surface area contributed by atoms with Crippen LogP contribution in [0.5, 0.6) is 0 Å². The molecule has 4 rings (SSSR count). The number of nitrogens with zero attached hydrogens (tertiary/aromatic N) is 4. The molecule has 0 radical (unpaired) electrons. The number of anilines is 1. The maximum absolute atomic E-state index is 5.86. The minimum absolute atomic E-state index is 0.354. The quantitative estimate of drug-likeness (QED) is 0.903. The highest BCUT2D eigenvalue weighted by Gasteiger charge is 2.40. The summed E-state index contributed by atoms with van der Waals surface area (Å²) in [4.78, 5) is 8.51. The Labute approximate surface area is 111 Å². The first kappa shape index (κ1) is 11.2. The zero-order valence-corrected chi connectivity index (χ0v) is 10.9. The van der Waals surface area contributed by atoms with Crippen molar-refractivity contribution in [1.29, 1.82) is 0 Å². The highest BCUT2D eigenvalue weighted by Crippen LogP contribution is 2.39. The summed E-state index contributed by atoms with van der Waals surface area (Å²) in [6, 6.07) is 2.39. The number of hydrogen-bond donors (Lipinski definition) is 1. The van der Waals surface area contributed by atoms with Crippen molar-refractivity contribution in [2.24, 2.45) is 5.92 Å². The van der Waals surface area contributed by atoms with Crippen molar-refractivity contribution >= 4 is 11.6 Å². The van der Waals surface area contributed by atoms with E-state index < -0.39 is 0 Å². The number of aryl methyl sites for hydroxylation is 1. The molecule has 19 heavy (non-hydrogen) atoms. The van der Waals surface area contributed by atoms with E-state index in [1.165, 1.54) is 19.2 Å². The van der Waals surface area contributed by atoms with E-state index in [1.807, 2.05) is 13.0 Å². The fourth-order valence-corrected chi connectivity index (χ4v) is 2.88. The zero-order chi connectivity index (χ0) is 12.8. The van der Waals surface area contributed by atoms with Crippen molar-refractivity contribution < 1.29 is 4.74 Å². The van der Waals surface area contributed by atoms with Gasteiger partial charge in [0.05, 0.1) is 12.1 Å². The summed E-state index contributed by atoms with van der Waals surface area (Å²) < 4.78 is 7.62. The lowest BCUT2D eigenvalue weighted by atomic mass is 10.1. The van der Waals surface area contributed by atoms with Crippen LogP contribution in [0.15, 0.2) is 12.4 Å². The first-order chi connectivity index (χ1) is 9.31. The molecule has 1 aliphatic heterocycles. The van der Waals surface area contributed by atoms with Crippen LogP contribution in [0, 0.1) is 12.8 Å². The first-order valence-corrected chi connectivity index (χ1v) is 6.87. The standard InChI is InChI=1S/C13H17N5O/c1-8-6-11(18-13(16-8)14-7-15-18)17-10-4-5-19-12(10)9-2-3-9/h6-7,9-10,12,17H,2-5H2,1H3. The van der Waals surface area contributed by atoms with Gasteiger partial charge >= 0.3 is 0 Å². The molecule has 0 spiro atoms. The SMILES string of the molecule is Cc1cc(NC2CCOC2C2CC2)n2ncnc2n1. The Morgan fingerprint density at radius 3 is 3.11 bits per heavy atom. The Balaban J connectivity index is 1.65. The van der Waals surface area contributed by atoms with Gasteiger partial charge in [-0.2, -0.15) is 14.6 Å². The van der Waals surface area contributed by atoms with Crippen molar-refractivity contribution in [3.05, 3.63) is 18.1 Å². The molecule has 2 atom stereocenters. The molecule has 0 amide bonds. The maximum atomic E-state index is 5.86. The molecule has 6 heteroatoms. The molecule has 1 saturated carbocycles. The van der Waals surface area contributed by atoms with Crippen LogP contribution >= 0.6 is 0 Å². The Morgan fingerprint density at radius 2 is 2.26 bits per heavy atom. The lowest BCUT2D eigenvalue weighted by Crippen LogP contribution is -2.31. The van der Waals surface area contributed by atoms with Crippen molar-refractivity contribution in [2.75, 3.05) is 11.9 Å². The van der Waals surface area contributed by atoms with Crippen LogP contribution in [0.3, 0.4) is 0 Å². The van der Waals surface area contributed by atoms with Crippen molar-refractivity contribution in [3.63, 3.8) is 0 Å². The molecule has 100 valence electrons. The highest BCUT2D eigenvalue weighted by molar-refractivity contribution is 5.45. The molecular weight excluding hydrogens is 242 g/mol. The minimum Gasteiger partial charge on any atom is -0.376 e. The van der Waals surface area contributed by atoms with Crippen LogP contribution in [0.25, 0.3) is 5.78 Å². The Hall–Kier alpha value is -1.69. The number of rotatable bonds is 3. The number of hydrogen-bond acceptors (Lipinski definition) is 5. The third-order valence-corrected chi connectivity index (χ3v) is 3.94. The second-order valence-corrected chi connectivity index (χ2v) is 5.47. The zero-order valence-electron chi connectivity index (χ0n) is 10.9. The van der Waals surface area contributed by atoms with Gasteiger partial charge in [0, 0.05) is 18.4 Å². The van der Waals surface area contributed by atoms with Crippen LogP contribution in [0.2, 0.25) is 0 Å². The van der Waals surface area contributed by atoms with Gasteiger partial charge in [-0.1, -0.05) is 0 Å². The topological polar surface area (TPSA) is 64.3 Å². The second-order valence-electron chi connectivity index (χ2n) is 5.47. The predicted octanol–water partition coefficient (Wildman–Crippen LogP) is 1.41. The van der Waals surface area contributed by atoms with Gasteiger partial charge in [-0.3, -0.25) is 0 Å². The molecule has 1 saturated heterocycles. The van der Waals surface area contributed by atoms with Gasteiger partial charge in [0.1, 0.15) is 12.1 Å². The monoisotopic (exact) mass is 259 g/mol. The number of nitrogens with one attached hydrogen (secondary N) is 1. The predicted molar refractivity (Wildman–Crippen MR) is 70.0 cm³/mol. The molecule has 1 aliphatic carbocycles. The third kappa shape index (κ3) is 1.96. The fourth-order valence-electron chi connectivity index (χ4n) is 2.88. The van der Waals surface area contributed by atoms with Gasteiger partial charge in [-0.15, -0.1) is 0 Å². The fraction of sp³-hybridized carbons (Fsp3) is 0.615. The molecule has 2 aromatic heterocycles. The number of aromatic nitrogens is 4. The van der Waals surface area contributed by atoms with E-state index in [9.17, 15) is 0 Å². The molecule has 2 unspecified atom stereocenters. The number of ether oxygens (including phenoxy) is 1. The Kier molecular flexibility index (Phi) is 2.44. The van der Waals surface area contributed by atoms with Gasteiger partial charge < -0.3 is 10.1 Å². The summed E-state index contributed by atoms with van der Waals surface area (Å²) in [6.45, 7) is 2.83. The van der Waals surface area contributed by atoms with E-state index in [0.29, 0.717) is 17.9 Å². The lowest BCUT2D eigenvalue weighted by Gasteiger charge is -2.20. The molecule has 6 nitrogen and oxygen atoms in total. The van der Waals surface area contributed by atoms with Crippen LogP contribution in [0.1, 0.15) is 25.0 Å². The number of fused-ring (bicyclic) bond motifs is 1. The molecule has 2 aliphatic rings. The van der Waals surface area contributed by atoms with Crippen LogP contribution in [-0.4, -0.2) is 38.3 Å². The van der Waals surface area contributed by atoms with E-state index in [4.69, 9.17) is 4.74 Å². The van der Waals surface area contributed by atoms with Gasteiger partial charge in [-0.05, 0) is 32.1 Å². The van der Waals surface area contributed by atoms with Gasteiger partial charge in [0.2, 0.25) is 0 Å². The average Bonchev–Trinajstić information content (AvgIpc) is 2.94. The summed E-state index contributed by atoms with van der Waals surface area (Å²) in [5.74, 6) is 2.35. The van der Waals surface area contributed by atoms with Gasteiger partial charge in [0.25, 0.3) is 5.78 Å². The van der Waals surface area contributed by atoms with Crippen LogP contribution in [-0.2, 0) is 4.74 Å². The van der Waals surface area contributed by atoms with E-state index in [0.717, 1.165) is 30.5 Å². The molecule has 2 fully saturated rings. The molecule has 0 bridgehead atoms. The molecule has 3 heterocycles. The molecule has 1 N–H and O–H groups in total. The maximum Gasteiger partial charge on any atom is 0.254 e. The molecule has 0 aromatic carbocycles. The summed E-state index contributed by atoms with van der Waals surface area (Å²) in [6.07, 6.45) is 5.55. The highest BCUT2D eigenvalue weighted by atomic mass is 16.5. The van der Waals surface area contributed by atoms with Crippen LogP contribution in [0.4, 0.5) is 5.82 Å². The molecular formula is C13H17N5O. The summed E-state index contributed by atoms with van der Waals surface area (Å²) >= 11 is 0. The normalized spacial score (nSPS) is 27.0. The lowest BCUT2D eigenvalue weighted by molar-refractivity contribution is 0.0898. The Morgan fingerprint density at radius 1 is 1.37 bits per heavy atom. The van der Waals surface area contributed by atoms with Crippen molar-refractivity contribution in [1.82, 2.24) is 19.6 Å². The smallest absolute Gasteiger partial charge is 0.254 e. The van der Waals surface area contributed by atoms with E-state index >= 15 is 0 Å². The van der Waals surface area contributed by atoms with Crippen LogP contribution < -0.4 is 5.32 Å². The van der Waals surface area contributed by atoms with Gasteiger partial charge in [0.15, 0.2) is 0 Å². The van der Waals surface area contributed by atoms with Crippen molar-refractivity contribution in [3.8, 4) is 0 Å². The minimum atomic E-state index is 0.354. The summed E-state index contributed by atoms with van der Waals surface area (Å²) in [5, 5.41) is 7.80.